The Morgan fingerprint density at radius 2 is 1.36 bits per heavy atom. The Balaban J connectivity index is 2.34. The molecule has 1 atom stereocenters. The van der Waals surface area contributed by atoms with Crippen LogP contribution in [0.1, 0.15) is 107 Å². The molecule has 0 saturated heterocycles. The molecule has 0 fully saturated rings. The molecule has 33 heavy (non-hydrogen) atoms. The van der Waals surface area contributed by atoms with Gasteiger partial charge in [0.1, 0.15) is 6.04 Å². The van der Waals surface area contributed by atoms with Gasteiger partial charge in [0.2, 0.25) is 0 Å². The molecule has 190 valence electrons. The van der Waals surface area contributed by atoms with Gasteiger partial charge in [0.05, 0.1) is 6.16 Å². The number of nitrogens with two attached hydrogens (primary N) is 1. The molecule has 1 rings (SSSR count). The van der Waals surface area contributed by atoms with Crippen molar-refractivity contribution in [2.24, 2.45) is 5.73 Å². The summed E-state index contributed by atoms with van der Waals surface area (Å²) in [6.07, 6.45) is 18.1. The molecular weight excluding hydrogens is 437 g/mol. The number of aryl methyl sites for hydroxylation is 2. The first-order valence-corrected chi connectivity index (χ1v) is 14.7. The molecule has 5 N–H and O–H groups in total. The number of benzene rings is 1. The van der Waals surface area contributed by atoms with Gasteiger partial charge in [0.25, 0.3) is 0 Å². The lowest BCUT2D eigenvalue weighted by Gasteiger charge is -2.15. The van der Waals surface area contributed by atoms with Crippen molar-refractivity contribution in [1.29, 1.82) is 0 Å². The van der Waals surface area contributed by atoms with E-state index in [1.54, 1.807) is 0 Å². The van der Waals surface area contributed by atoms with E-state index < -0.39 is 19.6 Å². The molecule has 0 amide bonds. The third-order valence-electron chi connectivity index (χ3n) is 6.27. The number of aliphatic carboxylic acids is 1. The molecule has 0 aliphatic rings. The monoisotopic (exact) mass is 483 g/mol. The highest BCUT2D eigenvalue weighted by Crippen LogP contribution is 2.35. The zero-order valence-corrected chi connectivity index (χ0v) is 21.4. The van der Waals surface area contributed by atoms with Gasteiger partial charge in [-0.3, -0.25) is 9.36 Å². The van der Waals surface area contributed by atoms with Gasteiger partial charge in [-0.15, -0.1) is 0 Å². The third kappa shape index (κ3) is 15.3. The molecular formula is C26H46NO5P. The van der Waals surface area contributed by atoms with Crippen molar-refractivity contribution in [1.82, 2.24) is 0 Å². The Bertz CT molecular complexity index is 719. The van der Waals surface area contributed by atoms with Gasteiger partial charge >= 0.3 is 13.6 Å². The van der Waals surface area contributed by atoms with Crippen molar-refractivity contribution in [3.05, 3.63) is 34.9 Å². The fourth-order valence-electron chi connectivity index (χ4n) is 4.21. The summed E-state index contributed by atoms with van der Waals surface area (Å²) in [7, 11) is -4.11. The smallest absolute Gasteiger partial charge is 0.325 e. The summed E-state index contributed by atoms with van der Waals surface area (Å²) in [5, 5.41) is 9.15. The highest BCUT2D eigenvalue weighted by molar-refractivity contribution is 7.51. The van der Waals surface area contributed by atoms with E-state index >= 15 is 0 Å². The van der Waals surface area contributed by atoms with E-state index in [-0.39, 0.29) is 19.0 Å². The summed E-state index contributed by atoms with van der Waals surface area (Å²) in [4.78, 5) is 29.5. The van der Waals surface area contributed by atoms with Crippen LogP contribution in [0.3, 0.4) is 0 Å². The molecule has 0 aliphatic heterocycles. The van der Waals surface area contributed by atoms with Crippen LogP contribution in [0.2, 0.25) is 0 Å². The molecule has 0 saturated carbocycles. The standard InChI is InChI=1S/C26H46NO5P/c1-2-3-4-5-6-7-8-9-10-11-12-13-14-15-22-16-17-23(18-19-33(30,31)32)24(20-22)21-25(27)26(28)29/h16-17,20,25H,2-15,18-19,21,27H2,1H3,(H,28,29)(H2,30,31,32)/t25-/m0/s1. The van der Waals surface area contributed by atoms with Gasteiger partial charge in [0.15, 0.2) is 0 Å². The maximum Gasteiger partial charge on any atom is 0.325 e. The second-order valence-electron chi connectivity index (χ2n) is 9.38. The summed E-state index contributed by atoms with van der Waals surface area (Å²) in [5.74, 6) is -1.07. The summed E-state index contributed by atoms with van der Waals surface area (Å²) < 4.78 is 11.2. The predicted molar refractivity (Wildman–Crippen MR) is 136 cm³/mol. The molecule has 0 bridgehead atoms. The van der Waals surface area contributed by atoms with Crippen molar-refractivity contribution >= 4 is 13.6 Å². The first-order valence-electron chi connectivity index (χ1n) is 12.9. The normalized spacial score (nSPS) is 12.7. The van der Waals surface area contributed by atoms with Crippen LogP contribution < -0.4 is 5.73 Å². The maximum absolute atomic E-state index is 11.2. The molecule has 0 radical (unpaired) electrons. The number of rotatable bonds is 20. The number of carboxylic acids is 1. The summed E-state index contributed by atoms with van der Waals surface area (Å²) in [5.41, 5.74) is 8.40. The molecule has 6 nitrogen and oxygen atoms in total. The van der Waals surface area contributed by atoms with Crippen LogP contribution in [0.25, 0.3) is 0 Å². The molecule has 7 heteroatoms. The lowest BCUT2D eigenvalue weighted by atomic mass is 9.94. The Morgan fingerprint density at radius 3 is 1.85 bits per heavy atom. The van der Waals surface area contributed by atoms with Crippen LogP contribution in [0.5, 0.6) is 0 Å². The van der Waals surface area contributed by atoms with Crippen molar-refractivity contribution in [3.8, 4) is 0 Å². The van der Waals surface area contributed by atoms with E-state index in [0.717, 1.165) is 29.5 Å². The SMILES string of the molecule is CCCCCCCCCCCCCCCc1ccc(CCP(=O)(O)O)c(C[C@H](N)C(=O)O)c1. The number of hydrogen-bond donors (Lipinski definition) is 4. The van der Waals surface area contributed by atoms with Crippen LogP contribution >= 0.6 is 7.60 Å². The minimum Gasteiger partial charge on any atom is -0.480 e. The third-order valence-corrected chi connectivity index (χ3v) is 7.08. The zero-order valence-electron chi connectivity index (χ0n) is 20.5. The fraction of sp³-hybridized carbons (Fsp3) is 0.731. The van der Waals surface area contributed by atoms with Crippen molar-refractivity contribution in [3.63, 3.8) is 0 Å². The van der Waals surface area contributed by atoms with Gasteiger partial charge in [-0.2, -0.15) is 0 Å². The average Bonchev–Trinajstić information content (AvgIpc) is 2.75. The minimum atomic E-state index is -4.11. The summed E-state index contributed by atoms with van der Waals surface area (Å²) in [6.45, 7) is 2.25. The highest BCUT2D eigenvalue weighted by Gasteiger charge is 2.18. The lowest BCUT2D eigenvalue weighted by molar-refractivity contribution is -0.138. The van der Waals surface area contributed by atoms with E-state index in [1.807, 2.05) is 18.2 Å². The van der Waals surface area contributed by atoms with Crippen LogP contribution in [-0.4, -0.2) is 33.1 Å². The summed E-state index contributed by atoms with van der Waals surface area (Å²) in [6, 6.07) is 4.81. The Labute approximate surface area is 200 Å². The van der Waals surface area contributed by atoms with E-state index in [0.29, 0.717) is 0 Å². The quantitative estimate of drug-likeness (QED) is 0.133. The van der Waals surface area contributed by atoms with Crippen molar-refractivity contribution in [2.45, 2.75) is 116 Å². The van der Waals surface area contributed by atoms with Gasteiger partial charge in [-0.1, -0.05) is 102 Å². The van der Waals surface area contributed by atoms with E-state index in [1.165, 1.54) is 77.0 Å². The molecule has 0 spiro atoms. The van der Waals surface area contributed by atoms with Crippen LogP contribution in [0.15, 0.2) is 18.2 Å². The van der Waals surface area contributed by atoms with Crippen molar-refractivity contribution in [2.75, 3.05) is 6.16 Å². The van der Waals surface area contributed by atoms with E-state index in [4.69, 9.17) is 10.8 Å². The average molecular weight is 484 g/mol. The van der Waals surface area contributed by atoms with E-state index in [2.05, 4.69) is 6.92 Å². The largest absolute Gasteiger partial charge is 0.480 e. The number of hydrogen-bond acceptors (Lipinski definition) is 3. The van der Waals surface area contributed by atoms with E-state index in [9.17, 15) is 19.1 Å². The first-order chi connectivity index (χ1) is 15.7. The molecule has 0 unspecified atom stereocenters. The Hall–Kier alpha value is -1.20. The predicted octanol–water partition coefficient (Wildman–Crippen LogP) is 5.99. The molecule has 0 aliphatic carbocycles. The molecule has 1 aromatic carbocycles. The molecule has 0 aromatic heterocycles. The lowest BCUT2D eigenvalue weighted by Crippen LogP contribution is -2.32. The number of carbonyl (C=O) groups is 1. The summed E-state index contributed by atoms with van der Waals surface area (Å²) >= 11 is 0. The second kappa shape index (κ2) is 17.3. The number of unbranched alkanes of at least 4 members (excludes halogenated alkanes) is 12. The Morgan fingerprint density at radius 1 is 0.848 bits per heavy atom. The highest BCUT2D eigenvalue weighted by atomic mass is 31.2. The maximum atomic E-state index is 11.2. The van der Waals surface area contributed by atoms with Gasteiger partial charge in [-0.25, -0.2) is 0 Å². The molecule has 0 heterocycles. The van der Waals surface area contributed by atoms with Crippen LogP contribution in [0, 0.1) is 0 Å². The zero-order chi connectivity index (χ0) is 24.5. The van der Waals surface area contributed by atoms with Crippen LogP contribution in [0.4, 0.5) is 0 Å². The van der Waals surface area contributed by atoms with Crippen LogP contribution in [-0.2, 0) is 28.6 Å². The fourth-order valence-corrected chi connectivity index (χ4v) is 4.74. The second-order valence-corrected chi connectivity index (χ2v) is 11.2. The number of carboxylic acid groups (broad SMARTS) is 1. The van der Waals surface area contributed by atoms with Gasteiger partial charge < -0.3 is 20.6 Å². The van der Waals surface area contributed by atoms with Gasteiger partial charge in [-0.05, 0) is 42.4 Å². The topological polar surface area (TPSA) is 121 Å². The van der Waals surface area contributed by atoms with Crippen molar-refractivity contribution < 1.29 is 24.3 Å². The van der Waals surface area contributed by atoms with Gasteiger partial charge in [0, 0.05) is 0 Å². The minimum absolute atomic E-state index is 0.165. The Kier molecular flexibility index (Phi) is 15.6. The first kappa shape index (κ1) is 29.8. The molecule has 1 aromatic rings.